The van der Waals surface area contributed by atoms with Crippen molar-refractivity contribution in [2.45, 2.75) is 27.7 Å². The second-order valence-electron chi connectivity index (χ2n) is 7.14. The third-order valence-electron chi connectivity index (χ3n) is 4.93. The quantitative estimate of drug-likeness (QED) is 0.257. The van der Waals surface area contributed by atoms with Crippen LogP contribution < -0.4 is 9.47 Å². The summed E-state index contributed by atoms with van der Waals surface area (Å²) in [6.07, 6.45) is 0. The molecule has 0 unspecified atom stereocenters. The number of aryl methyl sites for hydroxylation is 3. The second kappa shape index (κ2) is 7.71. The minimum Gasteiger partial charge on any atom is -0.493 e. The number of ether oxygens (including phenoxy) is 2. The van der Waals surface area contributed by atoms with Crippen molar-refractivity contribution in [3.63, 3.8) is 0 Å². The molecular weight excluding hydrogens is 400 g/mol. The summed E-state index contributed by atoms with van der Waals surface area (Å²) in [5, 5.41) is 4.41. The predicted molar refractivity (Wildman–Crippen MR) is 112 cm³/mol. The fourth-order valence-corrected chi connectivity index (χ4v) is 3.40. The van der Waals surface area contributed by atoms with E-state index < -0.39 is 5.97 Å². The van der Waals surface area contributed by atoms with Crippen molar-refractivity contribution in [1.29, 1.82) is 0 Å². The highest BCUT2D eigenvalue weighted by Gasteiger charge is 2.23. The van der Waals surface area contributed by atoms with E-state index in [4.69, 9.17) is 18.4 Å². The van der Waals surface area contributed by atoms with E-state index in [9.17, 15) is 9.59 Å². The second-order valence-corrected chi connectivity index (χ2v) is 7.14. The van der Waals surface area contributed by atoms with Crippen LogP contribution in [-0.2, 0) is 0 Å². The van der Waals surface area contributed by atoms with Gasteiger partial charge in [0.1, 0.15) is 11.5 Å². The summed E-state index contributed by atoms with van der Waals surface area (Å²) in [5.74, 6) is 1.10. The molecule has 4 aromatic rings. The zero-order chi connectivity index (χ0) is 22.3. The summed E-state index contributed by atoms with van der Waals surface area (Å²) in [5.41, 5.74) is 2.68. The number of nitrogens with zero attached hydrogens (tertiary/aromatic N) is 2. The number of Topliss-reactive ketones (excluding diaryl/α,β-unsaturated/α-hetero) is 1. The molecule has 0 saturated heterocycles. The molecule has 0 aliphatic rings. The first-order valence-electron chi connectivity index (χ1n) is 9.54. The molecule has 3 aromatic heterocycles. The average Bonchev–Trinajstić information content (AvgIpc) is 3.28. The van der Waals surface area contributed by atoms with Gasteiger partial charge in [0.15, 0.2) is 17.3 Å². The van der Waals surface area contributed by atoms with E-state index in [-0.39, 0.29) is 28.6 Å². The van der Waals surface area contributed by atoms with Crippen LogP contribution in [0.2, 0.25) is 0 Å². The lowest BCUT2D eigenvalue weighted by atomic mass is 10.1. The van der Waals surface area contributed by atoms with Crippen molar-refractivity contribution in [3.8, 4) is 22.8 Å². The van der Waals surface area contributed by atoms with Gasteiger partial charge in [0.25, 0.3) is 5.71 Å². The van der Waals surface area contributed by atoms with E-state index in [0.717, 1.165) is 11.3 Å². The molecule has 8 heteroatoms. The smallest absolute Gasteiger partial charge is 0.344 e. The minimum atomic E-state index is -0.633. The van der Waals surface area contributed by atoms with Gasteiger partial charge in [-0.3, -0.25) is 4.79 Å². The molecule has 0 bridgehead atoms. The van der Waals surface area contributed by atoms with Gasteiger partial charge in [0.2, 0.25) is 0 Å². The summed E-state index contributed by atoms with van der Waals surface area (Å²) in [6, 6.07) is 8.09. The lowest BCUT2D eigenvalue weighted by Gasteiger charge is -2.11. The Labute approximate surface area is 177 Å². The normalized spacial score (nSPS) is 11.0. The van der Waals surface area contributed by atoms with E-state index in [1.165, 1.54) is 26.2 Å². The summed E-state index contributed by atoms with van der Waals surface area (Å²) < 4.78 is 21.8. The molecule has 0 aliphatic carbocycles. The van der Waals surface area contributed by atoms with E-state index in [1.807, 2.05) is 19.9 Å². The first-order chi connectivity index (χ1) is 14.8. The highest BCUT2D eigenvalue weighted by atomic mass is 16.6. The summed E-state index contributed by atoms with van der Waals surface area (Å²) >= 11 is 0. The van der Waals surface area contributed by atoms with Crippen LogP contribution in [0.15, 0.2) is 39.3 Å². The Balaban J connectivity index is 1.80. The van der Waals surface area contributed by atoms with Crippen LogP contribution in [-0.4, -0.2) is 29.0 Å². The number of methoxy groups -OCH3 is 1. The molecular formula is C23H20N2O6. The van der Waals surface area contributed by atoms with E-state index >= 15 is 0 Å². The van der Waals surface area contributed by atoms with Crippen LogP contribution in [0.5, 0.6) is 11.5 Å². The zero-order valence-corrected chi connectivity index (χ0v) is 17.7. The predicted octanol–water partition coefficient (Wildman–Crippen LogP) is 4.84. The molecule has 4 rings (SSSR count). The fourth-order valence-electron chi connectivity index (χ4n) is 3.40. The van der Waals surface area contributed by atoms with Gasteiger partial charge < -0.3 is 18.4 Å². The van der Waals surface area contributed by atoms with Crippen LogP contribution in [0.3, 0.4) is 0 Å². The van der Waals surface area contributed by atoms with Crippen LogP contribution in [0, 0.1) is 20.8 Å². The van der Waals surface area contributed by atoms with E-state index in [0.29, 0.717) is 28.1 Å². The van der Waals surface area contributed by atoms with Gasteiger partial charge in [-0.25, -0.2) is 9.78 Å². The number of benzene rings is 1. The van der Waals surface area contributed by atoms with E-state index in [2.05, 4.69) is 10.1 Å². The van der Waals surface area contributed by atoms with Crippen LogP contribution in [0.25, 0.3) is 22.4 Å². The van der Waals surface area contributed by atoms with Gasteiger partial charge in [-0.05, 0) is 58.0 Å². The number of hydrogen-bond acceptors (Lipinski definition) is 8. The van der Waals surface area contributed by atoms with E-state index in [1.54, 1.807) is 19.1 Å². The van der Waals surface area contributed by atoms with Gasteiger partial charge in [-0.15, -0.1) is 0 Å². The van der Waals surface area contributed by atoms with Crippen molar-refractivity contribution in [1.82, 2.24) is 10.1 Å². The Morgan fingerprint density at radius 2 is 1.81 bits per heavy atom. The fraction of sp³-hybridized carbons (Fsp3) is 0.217. The maximum Gasteiger partial charge on any atom is 0.344 e. The highest BCUT2D eigenvalue weighted by molar-refractivity contribution is 6.05. The number of carbonyl (C=O) groups is 2. The van der Waals surface area contributed by atoms with Gasteiger partial charge in [0.05, 0.1) is 29.4 Å². The Kier molecular flexibility index (Phi) is 5.06. The molecule has 0 amide bonds. The Hall–Kier alpha value is -3.94. The van der Waals surface area contributed by atoms with Gasteiger partial charge in [-0.2, -0.15) is 0 Å². The molecule has 8 nitrogen and oxygen atoms in total. The Morgan fingerprint density at radius 1 is 1.03 bits per heavy atom. The van der Waals surface area contributed by atoms with Gasteiger partial charge in [-0.1, -0.05) is 5.16 Å². The first kappa shape index (κ1) is 20.3. The standard InChI is InChI=1S/C23H20N2O6/c1-11-8-16(14(4)29-11)18-10-17(21-12(2)25-31-22(21)24-18)23(27)30-19-7-6-15(13(3)26)9-20(19)28-5/h6-10H,1-5H3. The summed E-state index contributed by atoms with van der Waals surface area (Å²) in [6.45, 7) is 6.82. The number of ketones is 1. The summed E-state index contributed by atoms with van der Waals surface area (Å²) in [7, 11) is 1.44. The molecule has 3 heterocycles. The highest BCUT2D eigenvalue weighted by Crippen LogP contribution is 2.33. The molecule has 0 radical (unpaired) electrons. The molecule has 31 heavy (non-hydrogen) atoms. The lowest BCUT2D eigenvalue weighted by molar-refractivity contribution is 0.0731. The van der Waals surface area contributed by atoms with Crippen molar-refractivity contribution in [2.75, 3.05) is 7.11 Å². The number of carbonyl (C=O) groups excluding carboxylic acids is 2. The van der Waals surface area contributed by atoms with Crippen molar-refractivity contribution in [2.24, 2.45) is 0 Å². The SMILES string of the molecule is COc1cc(C(C)=O)ccc1OC(=O)c1cc(-c2cc(C)oc2C)nc2onc(C)c12. The molecule has 158 valence electrons. The van der Waals surface area contributed by atoms with Crippen LogP contribution in [0.1, 0.15) is 44.9 Å². The van der Waals surface area contributed by atoms with Crippen LogP contribution in [0.4, 0.5) is 0 Å². The Bertz CT molecular complexity index is 1330. The summed E-state index contributed by atoms with van der Waals surface area (Å²) in [4.78, 5) is 29.3. The topological polar surface area (TPSA) is 105 Å². The number of aromatic nitrogens is 2. The first-order valence-corrected chi connectivity index (χ1v) is 9.54. The number of pyridine rings is 1. The number of furan rings is 1. The van der Waals surface area contributed by atoms with Crippen molar-refractivity contribution >= 4 is 22.9 Å². The lowest BCUT2D eigenvalue weighted by Crippen LogP contribution is -2.11. The molecule has 0 N–H and O–H groups in total. The molecule has 0 aliphatic heterocycles. The van der Waals surface area contributed by atoms with Crippen molar-refractivity contribution in [3.05, 3.63) is 58.7 Å². The van der Waals surface area contributed by atoms with Gasteiger partial charge >= 0.3 is 5.97 Å². The average molecular weight is 420 g/mol. The van der Waals surface area contributed by atoms with Gasteiger partial charge in [0, 0.05) is 11.1 Å². The monoisotopic (exact) mass is 420 g/mol. The van der Waals surface area contributed by atoms with Crippen LogP contribution >= 0.6 is 0 Å². The number of fused-ring (bicyclic) bond motifs is 1. The molecule has 0 saturated carbocycles. The molecule has 0 atom stereocenters. The third-order valence-corrected chi connectivity index (χ3v) is 4.93. The minimum absolute atomic E-state index is 0.123. The largest absolute Gasteiger partial charge is 0.493 e. The number of hydrogen-bond donors (Lipinski definition) is 0. The number of rotatable bonds is 5. The maximum absolute atomic E-state index is 13.2. The molecule has 1 aromatic carbocycles. The Morgan fingerprint density at radius 3 is 2.45 bits per heavy atom. The maximum atomic E-state index is 13.2. The zero-order valence-electron chi connectivity index (χ0n) is 17.7. The number of esters is 1. The third kappa shape index (κ3) is 3.68. The molecule has 0 fully saturated rings. The van der Waals surface area contributed by atoms with Crippen molar-refractivity contribution < 1.29 is 28.0 Å². The molecule has 0 spiro atoms.